The Morgan fingerprint density at radius 2 is 1.26 bits per heavy atom. The summed E-state index contributed by atoms with van der Waals surface area (Å²) in [6.07, 6.45) is 0. The molecule has 0 amide bonds. The van der Waals surface area contributed by atoms with E-state index in [2.05, 4.69) is 0 Å². The molecular formula is C22H18O5. The summed E-state index contributed by atoms with van der Waals surface area (Å²) >= 11 is 0. The molecule has 0 spiro atoms. The van der Waals surface area contributed by atoms with Crippen LogP contribution < -0.4 is 9.47 Å². The van der Waals surface area contributed by atoms with E-state index >= 15 is 0 Å². The smallest absolute Gasteiger partial charge is 0.343 e. The Morgan fingerprint density at radius 3 is 1.81 bits per heavy atom. The number of aromatic hydroxyl groups is 1. The van der Waals surface area contributed by atoms with Crippen molar-refractivity contribution in [3.8, 4) is 17.2 Å². The summed E-state index contributed by atoms with van der Waals surface area (Å²) in [6, 6.07) is 18.1. The first-order valence-corrected chi connectivity index (χ1v) is 8.34. The van der Waals surface area contributed by atoms with Crippen LogP contribution >= 0.6 is 0 Å². The van der Waals surface area contributed by atoms with Gasteiger partial charge in [0.1, 0.15) is 5.75 Å². The predicted octanol–water partition coefficient (Wildman–Crippen LogP) is 4.45. The summed E-state index contributed by atoms with van der Waals surface area (Å²) in [5.41, 5.74) is 2.36. The van der Waals surface area contributed by atoms with E-state index < -0.39 is 11.9 Å². The van der Waals surface area contributed by atoms with Crippen LogP contribution in [0.15, 0.2) is 66.7 Å². The van der Waals surface area contributed by atoms with Crippen LogP contribution in [0.3, 0.4) is 0 Å². The van der Waals surface area contributed by atoms with Crippen molar-refractivity contribution in [3.05, 3.63) is 89.0 Å². The summed E-state index contributed by atoms with van der Waals surface area (Å²) < 4.78 is 10.6. The fraction of sp³-hybridized carbons (Fsp3) is 0.0909. The molecule has 27 heavy (non-hydrogen) atoms. The quantitative estimate of drug-likeness (QED) is 0.548. The number of hydrogen-bond donors (Lipinski definition) is 1. The minimum Gasteiger partial charge on any atom is -0.504 e. The number of esters is 2. The summed E-state index contributed by atoms with van der Waals surface area (Å²) in [5, 5.41) is 9.98. The molecule has 0 bridgehead atoms. The molecule has 3 aromatic carbocycles. The largest absolute Gasteiger partial charge is 0.504 e. The number of aryl methyl sites for hydroxylation is 2. The second-order valence-electron chi connectivity index (χ2n) is 6.04. The lowest BCUT2D eigenvalue weighted by Gasteiger charge is -2.11. The van der Waals surface area contributed by atoms with Crippen LogP contribution in [0.25, 0.3) is 0 Å². The number of carbonyl (C=O) groups is 2. The van der Waals surface area contributed by atoms with Crippen LogP contribution in [0.1, 0.15) is 31.8 Å². The Hall–Kier alpha value is -3.60. The van der Waals surface area contributed by atoms with E-state index in [-0.39, 0.29) is 17.2 Å². The maximum Gasteiger partial charge on any atom is 0.343 e. The van der Waals surface area contributed by atoms with E-state index in [0.29, 0.717) is 11.1 Å². The van der Waals surface area contributed by atoms with E-state index in [0.717, 1.165) is 11.1 Å². The minimum absolute atomic E-state index is 0.0849. The van der Waals surface area contributed by atoms with E-state index in [1.165, 1.54) is 18.2 Å². The molecule has 0 aliphatic heterocycles. The van der Waals surface area contributed by atoms with Crippen molar-refractivity contribution in [1.82, 2.24) is 0 Å². The third kappa shape index (κ3) is 4.15. The number of rotatable bonds is 4. The van der Waals surface area contributed by atoms with Gasteiger partial charge in [-0.15, -0.1) is 0 Å². The second kappa shape index (κ2) is 7.74. The molecule has 3 aromatic rings. The van der Waals surface area contributed by atoms with Gasteiger partial charge in [-0.1, -0.05) is 36.4 Å². The highest BCUT2D eigenvalue weighted by Gasteiger charge is 2.16. The molecule has 0 radical (unpaired) electrons. The van der Waals surface area contributed by atoms with Crippen molar-refractivity contribution in [2.75, 3.05) is 0 Å². The number of ether oxygens (including phenoxy) is 2. The third-order valence-electron chi connectivity index (χ3n) is 4.07. The van der Waals surface area contributed by atoms with Crippen LogP contribution in [-0.4, -0.2) is 17.0 Å². The molecule has 136 valence electrons. The maximum atomic E-state index is 12.3. The Kier molecular flexibility index (Phi) is 5.22. The lowest BCUT2D eigenvalue weighted by Crippen LogP contribution is -2.12. The second-order valence-corrected chi connectivity index (χ2v) is 6.04. The van der Waals surface area contributed by atoms with Crippen molar-refractivity contribution in [2.24, 2.45) is 0 Å². The van der Waals surface area contributed by atoms with Gasteiger partial charge in [0.15, 0.2) is 11.5 Å². The van der Waals surface area contributed by atoms with Gasteiger partial charge in [-0.3, -0.25) is 0 Å². The fourth-order valence-corrected chi connectivity index (χ4v) is 2.56. The molecule has 5 nitrogen and oxygen atoms in total. The van der Waals surface area contributed by atoms with Crippen molar-refractivity contribution in [2.45, 2.75) is 13.8 Å². The van der Waals surface area contributed by atoms with Crippen LogP contribution in [0.2, 0.25) is 0 Å². The van der Waals surface area contributed by atoms with Crippen molar-refractivity contribution < 1.29 is 24.2 Å². The molecule has 0 heterocycles. The molecule has 0 atom stereocenters. The van der Waals surface area contributed by atoms with Gasteiger partial charge in [0, 0.05) is 6.07 Å². The molecule has 0 saturated carbocycles. The van der Waals surface area contributed by atoms with Crippen molar-refractivity contribution >= 4 is 11.9 Å². The van der Waals surface area contributed by atoms with E-state index in [1.54, 1.807) is 37.3 Å². The molecule has 0 aliphatic carbocycles. The first-order chi connectivity index (χ1) is 13.0. The number of hydrogen-bond acceptors (Lipinski definition) is 5. The van der Waals surface area contributed by atoms with E-state index in [1.807, 2.05) is 25.1 Å². The van der Waals surface area contributed by atoms with E-state index in [4.69, 9.17) is 9.47 Å². The molecule has 0 fully saturated rings. The Balaban J connectivity index is 1.80. The Morgan fingerprint density at radius 1 is 0.741 bits per heavy atom. The highest BCUT2D eigenvalue weighted by molar-refractivity contribution is 5.93. The first-order valence-electron chi connectivity index (χ1n) is 8.34. The molecular weight excluding hydrogens is 344 g/mol. The van der Waals surface area contributed by atoms with E-state index in [9.17, 15) is 14.7 Å². The van der Waals surface area contributed by atoms with Gasteiger partial charge in [0.05, 0.1) is 11.1 Å². The van der Waals surface area contributed by atoms with Crippen LogP contribution in [-0.2, 0) is 0 Å². The summed E-state index contributed by atoms with van der Waals surface area (Å²) in [7, 11) is 0. The van der Waals surface area contributed by atoms with Crippen molar-refractivity contribution in [1.29, 1.82) is 0 Å². The zero-order valence-corrected chi connectivity index (χ0v) is 14.9. The van der Waals surface area contributed by atoms with Gasteiger partial charge >= 0.3 is 11.9 Å². The monoisotopic (exact) mass is 362 g/mol. The van der Waals surface area contributed by atoms with Crippen LogP contribution in [0.5, 0.6) is 17.2 Å². The van der Waals surface area contributed by atoms with Gasteiger partial charge < -0.3 is 14.6 Å². The van der Waals surface area contributed by atoms with Gasteiger partial charge in [-0.2, -0.15) is 0 Å². The number of carbonyl (C=O) groups excluding carboxylic acids is 2. The molecule has 0 saturated heterocycles. The molecule has 0 unspecified atom stereocenters. The molecule has 1 N–H and O–H groups in total. The SMILES string of the molecule is Cc1ccccc1C(=O)Oc1ccc(O)c(OC(=O)c2ccccc2C)c1. The van der Waals surface area contributed by atoms with Gasteiger partial charge in [-0.05, 0) is 49.2 Å². The predicted molar refractivity (Wildman–Crippen MR) is 100 cm³/mol. The Bertz CT molecular complexity index is 1010. The van der Waals surface area contributed by atoms with Crippen molar-refractivity contribution in [3.63, 3.8) is 0 Å². The highest BCUT2D eigenvalue weighted by atomic mass is 16.5. The molecule has 0 aliphatic rings. The van der Waals surface area contributed by atoms with Gasteiger partial charge in [-0.25, -0.2) is 9.59 Å². The average molecular weight is 362 g/mol. The number of phenolic OH excluding ortho intramolecular Hbond substituents is 1. The van der Waals surface area contributed by atoms with Gasteiger partial charge in [0.2, 0.25) is 0 Å². The normalized spacial score (nSPS) is 10.3. The summed E-state index contributed by atoms with van der Waals surface area (Å²) in [4.78, 5) is 24.7. The average Bonchev–Trinajstić information content (AvgIpc) is 2.65. The molecule has 0 aromatic heterocycles. The zero-order valence-electron chi connectivity index (χ0n) is 14.9. The zero-order chi connectivity index (χ0) is 19.4. The third-order valence-corrected chi connectivity index (χ3v) is 4.07. The fourth-order valence-electron chi connectivity index (χ4n) is 2.56. The highest BCUT2D eigenvalue weighted by Crippen LogP contribution is 2.31. The first kappa shape index (κ1) is 18.2. The Labute approximate surface area is 156 Å². The number of benzene rings is 3. The minimum atomic E-state index is -0.606. The molecule has 3 rings (SSSR count). The summed E-state index contributed by atoms with van der Waals surface area (Å²) in [5.74, 6) is -1.29. The number of phenols is 1. The topological polar surface area (TPSA) is 72.8 Å². The van der Waals surface area contributed by atoms with Crippen LogP contribution in [0, 0.1) is 13.8 Å². The molecule has 5 heteroatoms. The van der Waals surface area contributed by atoms with Gasteiger partial charge in [0.25, 0.3) is 0 Å². The summed E-state index contributed by atoms with van der Waals surface area (Å²) in [6.45, 7) is 3.60. The lowest BCUT2D eigenvalue weighted by atomic mass is 10.1. The standard InChI is InChI=1S/C22H18O5/c1-14-7-3-5-9-17(14)21(24)26-16-11-12-19(23)20(13-16)27-22(25)18-10-6-4-8-15(18)2/h3-13,23H,1-2H3. The van der Waals surface area contributed by atoms with Crippen LogP contribution in [0.4, 0.5) is 0 Å². The lowest BCUT2D eigenvalue weighted by molar-refractivity contribution is 0.0727. The maximum absolute atomic E-state index is 12.3.